The van der Waals surface area contributed by atoms with Gasteiger partial charge in [-0.3, -0.25) is 10.1 Å². The molecule has 0 atom stereocenters. The van der Waals surface area contributed by atoms with Crippen molar-refractivity contribution in [2.45, 2.75) is 19.3 Å². The molecule has 0 unspecified atom stereocenters. The molecule has 1 amide bonds. The zero-order valence-corrected chi connectivity index (χ0v) is 12.3. The van der Waals surface area contributed by atoms with Crippen molar-refractivity contribution in [1.82, 2.24) is 4.98 Å². The van der Waals surface area contributed by atoms with E-state index in [4.69, 9.17) is 0 Å². The van der Waals surface area contributed by atoms with Gasteiger partial charge in [0.1, 0.15) is 0 Å². The molecule has 21 heavy (non-hydrogen) atoms. The average molecular weight is 302 g/mol. The number of anilines is 1. The Morgan fingerprint density at radius 1 is 1.19 bits per heavy atom. The fourth-order valence-electron chi connectivity index (χ4n) is 2.29. The summed E-state index contributed by atoms with van der Waals surface area (Å²) in [5, 5.41) is 3.44. The number of fused-ring (bicyclic) bond motifs is 1. The van der Waals surface area contributed by atoms with Gasteiger partial charge in [0.05, 0.1) is 18.4 Å². The summed E-state index contributed by atoms with van der Waals surface area (Å²) in [6, 6.07) is 6.34. The molecule has 0 bridgehead atoms. The first-order chi connectivity index (χ1) is 10.2. The molecule has 0 radical (unpaired) electrons. The van der Waals surface area contributed by atoms with Crippen LogP contribution in [0.15, 0.2) is 24.3 Å². The highest BCUT2D eigenvalue weighted by molar-refractivity contribution is 7.15. The maximum atomic E-state index is 12.1. The first-order valence-corrected chi connectivity index (χ1v) is 7.47. The minimum Gasteiger partial charge on any atom is -0.465 e. The minimum atomic E-state index is -0.418. The number of thiazole rings is 1. The highest BCUT2D eigenvalue weighted by Gasteiger charge is 2.18. The molecule has 1 N–H and O–H groups in total. The molecule has 2 aromatic rings. The largest absolute Gasteiger partial charge is 0.465 e. The number of methoxy groups -OCH3 is 1. The van der Waals surface area contributed by atoms with E-state index in [1.165, 1.54) is 23.3 Å². The van der Waals surface area contributed by atoms with E-state index in [1.54, 1.807) is 24.3 Å². The van der Waals surface area contributed by atoms with Crippen molar-refractivity contribution in [2.24, 2.45) is 0 Å². The third kappa shape index (κ3) is 2.80. The van der Waals surface area contributed by atoms with Gasteiger partial charge in [-0.05, 0) is 43.5 Å². The predicted octanol–water partition coefficient (Wildman–Crippen LogP) is 2.67. The number of nitrogens with one attached hydrogen (secondary N) is 1. The number of hydrogen-bond acceptors (Lipinski definition) is 5. The van der Waals surface area contributed by atoms with E-state index in [1.807, 2.05) is 0 Å². The van der Waals surface area contributed by atoms with Gasteiger partial charge in [-0.1, -0.05) is 0 Å². The Morgan fingerprint density at radius 3 is 2.57 bits per heavy atom. The lowest BCUT2D eigenvalue weighted by Gasteiger charge is -2.03. The Labute approximate surface area is 126 Å². The Morgan fingerprint density at radius 2 is 1.90 bits per heavy atom. The van der Waals surface area contributed by atoms with Crippen LogP contribution in [0.5, 0.6) is 0 Å². The lowest BCUT2D eigenvalue weighted by Crippen LogP contribution is -2.12. The average Bonchev–Trinajstić information content (AvgIpc) is 3.07. The van der Waals surface area contributed by atoms with Crippen LogP contribution in [0.4, 0.5) is 5.13 Å². The van der Waals surface area contributed by atoms with Gasteiger partial charge in [0.2, 0.25) is 0 Å². The number of esters is 1. The SMILES string of the molecule is COC(=O)c1ccc(C(=O)Nc2nc3c(s2)CCC3)cc1. The maximum absolute atomic E-state index is 12.1. The lowest BCUT2D eigenvalue weighted by molar-refractivity contribution is 0.0600. The number of amides is 1. The number of benzene rings is 1. The van der Waals surface area contributed by atoms with Crippen LogP contribution in [-0.4, -0.2) is 24.0 Å². The first kappa shape index (κ1) is 13.8. The summed E-state index contributed by atoms with van der Waals surface area (Å²) in [5.74, 6) is -0.642. The summed E-state index contributed by atoms with van der Waals surface area (Å²) in [4.78, 5) is 29.2. The van der Waals surface area contributed by atoms with Crippen LogP contribution in [0.3, 0.4) is 0 Å². The second kappa shape index (κ2) is 5.65. The third-order valence-corrected chi connectivity index (χ3v) is 4.46. The summed E-state index contributed by atoms with van der Waals surface area (Å²) in [6.07, 6.45) is 3.20. The summed E-state index contributed by atoms with van der Waals surface area (Å²) < 4.78 is 4.62. The number of carbonyl (C=O) groups is 2. The summed E-state index contributed by atoms with van der Waals surface area (Å²) in [6.45, 7) is 0. The van der Waals surface area contributed by atoms with E-state index in [0.717, 1.165) is 25.0 Å². The Bertz CT molecular complexity index is 670. The number of carbonyl (C=O) groups excluding carboxylic acids is 2. The first-order valence-electron chi connectivity index (χ1n) is 6.65. The standard InChI is InChI=1S/C15H14N2O3S/c1-20-14(19)10-7-5-9(6-8-10)13(18)17-15-16-11-3-2-4-12(11)21-15/h5-8H,2-4H2,1H3,(H,16,17,18). The van der Waals surface area contributed by atoms with E-state index in [9.17, 15) is 9.59 Å². The molecule has 0 fully saturated rings. The smallest absolute Gasteiger partial charge is 0.337 e. The van der Waals surface area contributed by atoms with Gasteiger partial charge >= 0.3 is 5.97 Å². The molecule has 1 heterocycles. The second-order valence-electron chi connectivity index (χ2n) is 4.77. The number of aryl methyl sites for hydroxylation is 2. The zero-order chi connectivity index (χ0) is 14.8. The van der Waals surface area contributed by atoms with Crippen molar-refractivity contribution in [3.8, 4) is 0 Å². The van der Waals surface area contributed by atoms with Crippen LogP contribution in [0.2, 0.25) is 0 Å². The molecule has 108 valence electrons. The second-order valence-corrected chi connectivity index (χ2v) is 5.85. The van der Waals surface area contributed by atoms with Crippen molar-refractivity contribution in [3.05, 3.63) is 46.0 Å². The van der Waals surface area contributed by atoms with Crippen LogP contribution < -0.4 is 5.32 Å². The van der Waals surface area contributed by atoms with Crippen LogP contribution in [0.1, 0.15) is 37.7 Å². The van der Waals surface area contributed by atoms with Crippen molar-refractivity contribution in [1.29, 1.82) is 0 Å². The van der Waals surface area contributed by atoms with E-state index in [0.29, 0.717) is 16.3 Å². The van der Waals surface area contributed by atoms with Crippen LogP contribution in [-0.2, 0) is 17.6 Å². The van der Waals surface area contributed by atoms with E-state index >= 15 is 0 Å². The molecule has 6 heteroatoms. The fraction of sp³-hybridized carbons (Fsp3) is 0.267. The van der Waals surface area contributed by atoms with Gasteiger partial charge in [-0.15, -0.1) is 11.3 Å². The molecular formula is C15H14N2O3S. The van der Waals surface area contributed by atoms with Crippen LogP contribution in [0, 0.1) is 0 Å². The monoisotopic (exact) mass is 302 g/mol. The minimum absolute atomic E-state index is 0.223. The molecule has 1 aliphatic rings. The number of aromatic nitrogens is 1. The fourth-order valence-corrected chi connectivity index (χ4v) is 3.33. The highest BCUT2D eigenvalue weighted by Crippen LogP contribution is 2.30. The van der Waals surface area contributed by atoms with Crippen LogP contribution in [0.25, 0.3) is 0 Å². The van der Waals surface area contributed by atoms with Crippen molar-refractivity contribution in [2.75, 3.05) is 12.4 Å². The lowest BCUT2D eigenvalue weighted by atomic mass is 10.1. The number of hydrogen-bond donors (Lipinski definition) is 1. The van der Waals surface area contributed by atoms with Gasteiger partial charge in [-0.2, -0.15) is 0 Å². The van der Waals surface area contributed by atoms with Gasteiger partial charge in [0.25, 0.3) is 5.91 Å². The molecule has 0 aliphatic heterocycles. The topological polar surface area (TPSA) is 68.3 Å². The van der Waals surface area contributed by atoms with E-state index in [2.05, 4.69) is 15.0 Å². The third-order valence-electron chi connectivity index (χ3n) is 3.38. The molecule has 1 aromatic carbocycles. The van der Waals surface area contributed by atoms with E-state index in [-0.39, 0.29) is 5.91 Å². The molecular weight excluding hydrogens is 288 g/mol. The quantitative estimate of drug-likeness (QED) is 0.885. The molecule has 5 nitrogen and oxygen atoms in total. The number of rotatable bonds is 3. The predicted molar refractivity (Wildman–Crippen MR) is 79.9 cm³/mol. The van der Waals surface area contributed by atoms with Crippen molar-refractivity contribution >= 4 is 28.3 Å². The van der Waals surface area contributed by atoms with Crippen LogP contribution >= 0.6 is 11.3 Å². The van der Waals surface area contributed by atoms with Gasteiger partial charge < -0.3 is 4.74 Å². The number of ether oxygens (including phenoxy) is 1. The normalized spacial score (nSPS) is 12.8. The zero-order valence-electron chi connectivity index (χ0n) is 11.5. The van der Waals surface area contributed by atoms with Crippen molar-refractivity contribution < 1.29 is 14.3 Å². The highest BCUT2D eigenvalue weighted by atomic mass is 32.1. The molecule has 1 aromatic heterocycles. The van der Waals surface area contributed by atoms with Gasteiger partial charge in [-0.25, -0.2) is 9.78 Å². The van der Waals surface area contributed by atoms with Crippen molar-refractivity contribution in [3.63, 3.8) is 0 Å². The Balaban J connectivity index is 1.71. The molecule has 0 saturated carbocycles. The maximum Gasteiger partial charge on any atom is 0.337 e. The molecule has 0 saturated heterocycles. The number of nitrogens with zero attached hydrogens (tertiary/aromatic N) is 1. The summed E-state index contributed by atoms with van der Waals surface area (Å²) in [7, 11) is 1.32. The Hall–Kier alpha value is -2.21. The molecule has 0 spiro atoms. The van der Waals surface area contributed by atoms with Gasteiger partial charge in [0.15, 0.2) is 5.13 Å². The molecule has 3 rings (SSSR count). The summed E-state index contributed by atoms with van der Waals surface area (Å²) >= 11 is 1.54. The summed E-state index contributed by atoms with van der Waals surface area (Å²) in [5.41, 5.74) is 2.01. The Kier molecular flexibility index (Phi) is 3.70. The van der Waals surface area contributed by atoms with E-state index < -0.39 is 5.97 Å². The molecule has 1 aliphatic carbocycles. The van der Waals surface area contributed by atoms with Gasteiger partial charge in [0, 0.05) is 10.4 Å².